The van der Waals surface area contributed by atoms with Crippen LogP contribution in [0.5, 0.6) is 0 Å². The highest BCUT2D eigenvalue weighted by Gasteiger charge is 2.50. The summed E-state index contributed by atoms with van der Waals surface area (Å²) in [5.74, 6) is 0. The standard InChI is InChI=1S/C49H50O2Si3/c1-36-8-22-43(23-9-36)52(50-53(44-24-10-37(2)11-25-44,45-26-12-38(3)13-27-45)46-28-14-39(4)15-29-46)51-54(47-30-16-40(5)17-31-47,48-32-18-41(6)19-33-48)49-34-20-42(7)21-35-49/h8-35,52H,1-7H3. The third-order valence-electron chi connectivity index (χ3n) is 10.7. The molecule has 0 bridgehead atoms. The fourth-order valence-corrected chi connectivity index (χ4v) is 21.2. The Morgan fingerprint density at radius 1 is 0.259 bits per heavy atom. The molecule has 0 N–H and O–H groups in total. The van der Waals surface area contributed by atoms with Crippen molar-refractivity contribution in [2.45, 2.75) is 48.5 Å². The van der Waals surface area contributed by atoms with Crippen LogP contribution in [0.3, 0.4) is 0 Å². The zero-order valence-electron chi connectivity index (χ0n) is 32.6. The van der Waals surface area contributed by atoms with Crippen LogP contribution in [0.2, 0.25) is 0 Å². The molecule has 0 unspecified atom stereocenters. The van der Waals surface area contributed by atoms with E-state index in [-0.39, 0.29) is 0 Å². The Kier molecular flexibility index (Phi) is 11.0. The predicted molar refractivity (Wildman–Crippen MR) is 237 cm³/mol. The van der Waals surface area contributed by atoms with Crippen LogP contribution in [0, 0.1) is 48.5 Å². The first kappa shape index (κ1) is 37.4. The van der Waals surface area contributed by atoms with Crippen LogP contribution in [0.25, 0.3) is 0 Å². The van der Waals surface area contributed by atoms with Gasteiger partial charge >= 0.3 is 9.28 Å². The molecule has 0 saturated carbocycles. The van der Waals surface area contributed by atoms with Crippen molar-refractivity contribution < 1.29 is 8.23 Å². The van der Waals surface area contributed by atoms with Crippen LogP contribution in [-0.4, -0.2) is 25.9 Å². The Morgan fingerprint density at radius 2 is 0.426 bits per heavy atom. The second-order valence-corrected chi connectivity index (χ2v) is 24.4. The van der Waals surface area contributed by atoms with Gasteiger partial charge < -0.3 is 8.23 Å². The molecular weight excluding hydrogens is 705 g/mol. The van der Waals surface area contributed by atoms with Crippen LogP contribution in [0.4, 0.5) is 0 Å². The van der Waals surface area contributed by atoms with Gasteiger partial charge in [0.15, 0.2) is 0 Å². The summed E-state index contributed by atoms with van der Waals surface area (Å²) in [4.78, 5) is 0. The molecule has 0 fully saturated rings. The van der Waals surface area contributed by atoms with Crippen LogP contribution >= 0.6 is 0 Å². The normalized spacial score (nSPS) is 11.9. The predicted octanol–water partition coefficient (Wildman–Crippen LogP) is 6.64. The number of aryl methyl sites for hydroxylation is 7. The Hall–Kier alpha value is -4.89. The average molecular weight is 755 g/mol. The third-order valence-corrected chi connectivity index (χ3v) is 23.0. The molecule has 0 heterocycles. The van der Waals surface area contributed by atoms with Crippen LogP contribution < -0.4 is 36.3 Å². The lowest BCUT2D eigenvalue weighted by Gasteiger charge is -2.41. The first-order valence-electron chi connectivity index (χ1n) is 18.9. The Bertz CT molecular complexity index is 1930. The van der Waals surface area contributed by atoms with E-state index in [0.717, 1.165) is 5.19 Å². The Balaban J connectivity index is 1.55. The SMILES string of the molecule is Cc1ccc([SiH](O[Si](c2ccc(C)cc2)(c2ccc(C)cc2)c2ccc(C)cc2)O[Si](c2ccc(C)cc2)(c2ccc(C)cc2)c2ccc(C)cc2)cc1. The van der Waals surface area contributed by atoms with E-state index in [1.54, 1.807) is 0 Å². The number of rotatable bonds is 11. The molecule has 0 aliphatic rings. The first-order valence-corrected chi connectivity index (χ1v) is 24.3. The van der Waals surface area contributed by atoms with Gasteiger partial charge in [-0.3, -0.25) is 0 Å². The second kappa shape index (κ2) is 15.8. The molecule has 0 aliphatic carbocycles. The van der Waals surface area contributed by atoms with E-state index in [0.29, 0.717) is 0 Å². The Morgan fingerprint density at radius 3 is 0.611 bits per heavy atom. The molecule has 0 aliphatic heterocycles. The molecule has 0 atom stereocenters. The molecule has 0 aromatic heterocycles. The first-order chi connectivity index (χ1) is 26.1. The minimum atomic E-state index is -3.22. The summed E-state index contributed by atoms with van der Waals surface area (Å²) in [7, 11) is -9.28. The maximum Gasteiger partial charge on any atom is 0.336 e. The van der Waals surface area contributed by atoms with Crippen molar-refractivity contribution in [1.29, 1.82) is 0 Å². The number of benzene rings is 7. The van der Waals surface area contributed by atoms with Crippen LogP contribution in [0.15, 0.2) is 170 Å². The van der Waals surface area contributed by atoms with Crippen LogP contribution in [-0.2, 0) is 8.23 Å². The third kappa shape index (κ3) is 7.56. The van der Waals surface area contributed by atoms with Gasteiger partial charge in [0.1, 0.15) is 0 Å². The Labute approximate surface area is 326 Å². The van der Waals surface area contributed by atoms with E-state index < -0.39 is 25.9 Å². The monoisotopic (exact) mass is 754 g/mol. The molecular formula is C49H50O2Si3. The summed E-state index contributed by atoms with van der Waals surface area (Å²) >= 11 is 0. The smallest absolute Gasteiger partial charge is 0.336 e. The fourth-order valence-electron chi connectivity index (χ4n) is 7.34. The lowest BCUT2D eigenvalue weighted by molar-refractivity contribution is 0.453. The van der Waals surface area contributed by atoms with Gasteiger partial charge in [-0.25, -0.2) is 0 Å². The van der Waals surface area contributed by atoms with Crippen molar-refractivity contribution in [3.8, 4) is 0 Å². The largest absolute Gasteiger partial charge is 0.424 e. The highest BCUT2D eigenvalue weighted by molar-refractivity contribution is 7.13. The van der Waals surface area contributed by atoms with E-state index in [4.69, 9.17) is 8.23 Å². The lowest BCUT2D eigenvalue weighted by Crippen LogP contribution is -2.76. The van der Waals surface area contributed by atoms with E-state index in [9.17, 15) is 0 Å². The van der Waals surface area contributed by atoms with E-state index in [2.05, 4.69) is 218 Å². The van der Waals surface area contributed by atoms with Gasteiger partial charge in [-0.1, -0.05) is 209 Å². The minimum Gasteiger partial charge on any atom is -0.424 e. The van der Waals surface area contributed by atoms with E-state index in [1.807, 2.05) is 0 Å². The molecule has 5 heteroatoms. The average Bonchev–Trinajstić information content (AvgIpc) is 3.18. The molecule has 7 aromatic carbocycles. The highest BCUT2D eigenvalue weighted by atomic mass is 28.4. The zero-order chi connectivity index (χ0) is 37.9. The van der Waals surface area contributed by atoms with Gasteiger partial charge in [0.25, 0.3) is 16.6 Å². The molecule has 0 radical (unpaired) electrons. The van der Waals surface area contributed by atoms with E-state index in [1.165, 1.54) is 70.1 Å². The number of hydrogen-bond donors (Lipinski definition) is 0. The molecule has 54 heavy (non-hydrogen) atoms. The van der Waals surface area contributed by atoms with Gasteiger partial charge in [-0.05, 0) is 84.8 Å². The van der Waals surface area contributed by atoms with Gasteiger partial charge in [0.2, 0.25) is 0 Å². The molecule has 0 amide bonds. The van der Waals surface area contributed by atoms with E-state index >= 15 is 0 Å². The molecule has 2 nitrogen and oxygen atoms in total. The van der Waals surface area contributed by atoms with Gasteiger partial charge in [-0.2, -0.15) is 0 Å². The van der Waals surface area contributed by atoms with Gasteiger partial charge in [-0.15, -0.1) is 0 Å². The van der Waals surface area contributed by atoms with Crippen molar-refractivity contribution in [1.82, 2.24) is 0 Å². The van der Waals surface area contributed by atoms with Gasteiger partial charge in [0.05, 0.1) is 0 Å². The van der Waals surface area contributed by atoms with Gasteiger partial charge in [0, 0.05) is 0 Å². The summed E-state index contributed by atoms with van der Waals surface area (Å²) in [5.41, 5.74) is 8.56. The maximum atomic E-state index is 8.22. The van der Waals surface area contributed by atoms with Crippen molar-refractivity contribution in [2.75, 3.05) is 0 Å². The molecule has 270 valence electrons. The molecule has 7 rings (SSSR count). The summed E-state index contributed by atoms with van der Waals surface area (Å²) < 4.78 is 16.4. The summed E-state index contributed by atoms with van der Waals surface area (Å²) in [5, 5.41) is 8.39. The summed E-state index contributed by atoms with van der Waals surface area (Å²) in [6.45, 7) is 15.1. The zero-order valence-corrected chi connectivity index (χ0v) is 35.7. The molecule has 0 saturated heterocycles. The highest BCUT2D eigenvalue weighted by Crippen LogP contribution is 2.19. The van der Waals surface area contributed by atoms with Crippen molar-refractivity contribution >= 4 is 62.2 Å². The van der Waals surface area contributed by atoms with Crippen molar-refractivity contribution in [2.24, 2.45) is 0 Å². The number of hydrogen-bond acceptors (Lipinski definition) is 2. The fraction of sp³-hybridized carbons (Fsp3) is 0.143. The quantitative estimate of drug-likeness (QED) is 0.109. The summed E-state index contributed by atoms with van der Waals surface area (Å²) in [6.07, 6.45) is 0. The van der Waals surface area contributed by atoms with Crippen LogP contribution in [0.1, 0.15) is 38.9 Å². The summed E-state index contributed by atoms with van der Waals surface area (Å²) in [6, 6.07) is 63.3. The lowest BCUT2D eigenvalue weighted by atomic mass is 10.2. The maximum absolute atomic E-state index is 8.22. The topological polar surface area (TPSA) is 18.5 Å². The van der Waals surface area contributed by atoms with Crippen molar-refractivity contribution in [3.05, 3.63) is 209 Å². The molecule has 7 aromatic rings. The molecule has 0 spiro atoms. The minimum absolute atomic E-state index is 1.13. The van der Waals surface area contributed by atoms with Crippen molar-refractivity contribution in [3.63, 3.8) is 0 Å². The second-order valence-electron chi connectivity index (χ2n) is 15.0.